The highest BCUT2D eigenvalue weighted by atomic mass is 32.2. The Balaban J connectivity index is 2.30. The van der Waals surface area contributed by atoms with Gasteiger partial charge >= 0.3 is 6.18 Å². The second kappa shape index (κ2) is 4.81. The highest BCUT2D eigenvalue weighted by Gasteiger charge is 2.34. The van der Waals surface area contributed by atoms with Crippen molar-refractivity contribution in [1.29, 1.82) is 5.41 Å². The Kier molecular flexibility index (Phi) is 3.54. The summed E-state index contributed by atoms with van der Waals surface area (Å²) in [5, 5.41) is 7.50. The summed E-state index contributed by atoms with van der Waals surface area (Å²) in [7, 11) is 0. The molecule has 0 atom stereocenters. The quantitative estimate of drug-likeness (QED) is 0.658. The van der Waals surface area contributed by atoms with Crippen molar-refractivity contribution in [2.45, 2.75) is 16.3 Å². The number of rotatable bonds is 3. The summed E-state index contributed by atoms with van der Waals surface area (Å²) in [5.74, 6) is -0.574. The monoisotopic (exact) mass is 276 g/mol. The predicted molar refractivity (Wildman–Crippen MR) is 62.9 cm³/mol. The predicted octanol–water partition coefficient (Wildman–Crippen LogP) is 2.48. The van der Waals surface area contributed by atoms with Crippen LogP contribution in [0.15, 0.2) is 23.1 Å². The van der Waals surface area contributed by atoms with Crippen molar-refractivity contribution in [3.63, 3.8) is 0 Å². The minimum Gasteiger partial charge on any atom is -0.384 e. The van der Waals surface area contributed by atoms with Crippen LogP contribution < -0.4 is 5.73 Å². The zero-order valence-electron chi connectivity index (χ0n) is 9.25. The molecule has 3 N–H and O–H groups in total. The Labute approximate surface area is 106 Å². The van der Waals surface area contributed by atoms with E-state index in [1.807, 2.05) is 0 Å². The number of halogens is 3. The summed E-state index contributed by atoms with van der Waals surface area (Å²) in [6, 6.07) is 3.69. The van der Waals surface area contributed by atoms with Crippen molar-refractivity contribution >= 4 is 17.6 Å². The second-order valence-corrected chi connectivity index (χ2v) is 5.27. The molecule has 7 heteroatoms. The van der Waals surface area contributed by atoms with Crippen LogP contribution in [0.3, 0.4) is 0 Å². The smallest absolute Gasteiger partial charge is 0.384 e. The van der Waals surface area contributed by atoms with E-state index in [0.29, 0.717) is 18.1 Å². The van der Waals surface area contributed by atoms with Gasteiger partial charge in [-0.15, -0.1) is 11.8 Å². The number of nitrogens with two attached hydrogens (primary N) is 1. The molecule has 0 amide bonds. The summed E-state index contributed by atoms with van der Waals surface area (Å²) >= 11 is 1.44. The van der Waals surface area contributed by atoms with Gasteiger partial charge in [-0.25, -0.2) is 0 Å². The standard InChI is InChI=1S/C11H11F3N2OS/c12-11(13,14)9-2-1-6(3-8(9)10(15)16)18-7-4-17-5-7/h1-3,7H,4-5H2,(H3,15,16). The summed E-state index contributed by atoms with van der Waals surface area (Å²) in [5.41, 5.74) is 4.07. The van der Waals surface area contributed by atoms with Crippen LogP contribution in [-0.2, 0) is 10.9 Å². The van der Waals surface area contributed by atoms with Gasteiger partial charge in [-0.1, -0.05) is 0 Å². The lowest BCUT2D eigenvalue weighted by Crippen LogP contribution is -2.30. The van der Waals surface area contributed by atoms with Crippen LogP contribution in [0, 0.1) is 5.41 Å². The Morgan fingerprint density at radius 1 is 1.39 bits per heavy atom. The van der Waals surface area contributed by atoms with Crippen molar-refractivity contribution in [3.05, 3.63) is 29.3 Å². The summed E-state index contributed by atoms with van der Waals surface area (Å²) in [4.78, 5) is 0.668. The third-order valence-corrected chi connectivity index (χ3v) is 3.63. The third kappa shape index (κ3) is 2.78. The van der Waals surface area contributed by atoms with E-state index in [9.17, 15) is 13.2 Å². The fourth-order valence-corrected chi connectivity index (χ4v) is 2.59. The molecule has 3 nitrogen and oxygen atoms in total. The number of alkyl halides is 3. The molecule has 1 heterocycles. The van der Waals surface area contributed by atoms with Crippen molar-refractivity contribution in [1.82, 2.24) is 0 Å². The maximum absolute atomic E-state index is 12.7. The SMILES string of the molecule is N=C(N)c1cc(SC2COC2)ccc1C(F)(F)F. The van der Waals surface area contributed by atoms with Gasteiger partial charge in [0.25, 0.3) is 0 Å². The van der Waals surface area contributed by atoms with E-state index in [0.717, 1.165) is 6.07 Å². The molecule has 1 aromatic carbocycles. The molecule has 0 spiro atoms. The average molecular weight is 276 g/mol. The molecule has 1 fully saturated rings. The number of benzene rings is 1. The number of nitrogen functional groups attached to an aromatic ring is 1. The van der Waals surface area contributed by atoms with Gasteiger partial charge in [0.1, 0.15) is 5.84 Å². The summed E-state index contributed by atoms with van der Waals surface area (Å²) in [6.45, 7) is 1.20. The Bertz CT molecular complexity index is 472. The minimum atomic E-state index is -4.50. The molecule has 0 radical (unpaired) electrons. The van der Waals surface area contributed by atoms with Crippen LogP contribution in [0.25, 0.3) is 0 Å². The molecule has 0 unspecified atom stereocenters. The molecule has 1 aliphatic heterocycles. The first-order valence-electron chi connectivity index (χ1n) is 5.18. The third-order valence-electron chi connectivity index (χ3n) is 2.50. The van der Waals surface area contributed by atoms with E-state index >= 15 is 0 Å². The first kappa shape index (κ1) is 13.2. The van der Waals surface area contributed by atoms with Gasteiger partial charge in [0.15, 0.2) is 0 Å². The van der Waals surface area contributed by atoms with Gasteiger partial charge in [0, 0.05) is 10.5 Å². The largest absolute Gasteiger partial charge is 0.417 e. The first-order valence-corrected chi connectivity index (χ1v) is 6.06. The fourth-order valence-electron chi connectivity index (χ4n) is 1.54. The molecule has 0 aliphatic carbocycles. The number of amidine groups is 1. The molecule has 0 saturated carbocycles. The average Bonchev–Trinajstić information content (AvgIpc) is 2.21. The maximum Gasteiger partial charge on any atom is 0.417 e. The van der Waals surface area contributed by atoms with Crippen LogP contribution in [0.5, 0.6) is 0 Å². The van der Waals surface area contributed by atoms with Gasteiger partial charge < -0.3 is 10.5 Å². The molecular formula is C11H11F3N2OS. The highest BCUT2D eigenvalue weighted by Crippen LogP contribution is 2.35. The number of thioether (sulfide) groups is 1. The van der Waals surface area contributed by atoms with Crippen LogP contribution in [-0.4, -0.2) is 24.3 Å². The number of hydrogen-bond donors (Lipinski definition) is 2. The van der Waals surface area contributed by atoms with Gasteiger partial charge in [-0.05, 0) is 18.2 Å². The lowest BCUT2D eigenvalue weighted by Gasteiger charge is -2.25. The minimum absolute atomic E-state index is 0.265. The lowest BCUT2D eigenvalue weighted by atomic mass is 10.1. The first-order chi connectivity index (χ1) is 8.38. The highest BCUT2D eigenvalue weighted by molar-refractivity contribution is 8.00. The summed E-state index contributed by atoms with van der Waals surface area (Å²) < 4.78 is 43.1. The van der Waals surface area contributed by atoms with E-state index in [1.165, 1.54) is 23.9 Å². The Hall–Kier alpha value is -1.21. The Morgan fingerprint density at radius 2 is 2.06 bits per heavy atom. The molecule has 1 aromatic rings. The van der Waals surface area contributed by atoms with E-state index in [1.54, 1.807) is 0 Å². The molecule has 1 aliphatic rings. The zero-order valence-corrected chi connectivity index (χ0v) is 10.1. The topological polar surface area (TPSA) is 59.1 Å². The van der Waals surface area contributed by atoms with Crippen molar-refractivity contribution in [2.75, 3.05) is 13.2 Å². The molecular weight excluding hydrogens is 265 g/mol. The molecule has 0 aromatic heterocycles. The van der Waals surface area contributed by atoms with Crippen LogP contribution in [0.2, 0.25) is 0 Å². The lowest BCUT2D eigenvalue weighted by molar-refractivity contribution is -0.137. The maximum atomic E-state index is 12.7. The van der Waals surface area contributed by atoms with Crippen LogP contribution in [0.4, 0.5) is 13.2 Å². The van der Waals surface area contributed by atoms with E-state index in [-0.39, 0.29) is 10.8 Å². The van der Waals surface area contributed by atoms with Crippen molar-refractivity contribution in [2.24, 2.45) is 5.73 Å². The molecule has 98 valence electrons. The normalized spacial score (nSPS) is 16.4. The van der Waals surface area contributed by atoms with E-state index < -0.39 is 17.6 Å². The van der Waals surface area contributed by atoms with Crippen LogP contribution in [0.1, 0.15) is 11.1 Å². The number of ether oxygens (including phenoxy) is 1. The van der Waals surface area contributed by atoms with Crippen molar-refractivity contribution in [3.8, 4) is 0 Å². The van der Waals surface area contributed by atoms with Gasteiger partial charge in [0.2, 0.25) is 0 Å². The Morgan fingerprint density at radius 3 is 2.50 bits per heavy atom. The molecule has 0 bridgehead atoms. The van der Waals surface area contributed by atoms with E-state index in [4.69, 9.17) is 15.9 Å². The second-order valence-electron chi connectivity index (χ2n) is 3.90. The molecule has 1 saturated heterocycles. The van der Waals surface area contributed by atoms with E-state index in [2.05, 4.69) is 0 Å². The van der Waals surface area contributed by atoms with Gasteiger partial charge in [-0.3, -0.25) is 5.41 Å². The zero-order chi connectivity index (χ0) is 13.3. The molecule has 2 rings (SSSR count). The summed E-state index contributed by atoms with van der Waals surface area (Å²) in [6.07, 6.45) is -4.50. The van der Waals surface area contributed by atoms with Crippen molar-refractivity contribution < 1.29 is 17.9 Å². The molecule has 18 heavy (non-hydrogen) atoms. The number of nitrogens with one attached hydrogen (secondary N) is 1. The van der Waals surface area contributed by atoms with Gasteiger partial charge in [-0.2, -0.15) is 13.2 Å². The fraction of sp³-hybridized carbons (Fsp3) is 0.364. The van der Waals surface area contributed by atoms with Gasteiger partial charge in [0.05, 0.1) is 24.0 Å². The van der Waals surface area contributed by atoms with Crippen LogP contribution >= 0.6 is 11.8 Å². The number of hydrogen-bond acceptors (Lipinski definition) is 3.